The monoisotopic (exact) mass is 250 g/mol. The minimum absolute atomic E-state index is 0.133. The van der Waals surface area contributed by atoms with E-state index in [4.69, 9.17) is 0 Å². The Bertz CT molecular complexity index is 396. The maximum Gasteiger partial charge on any atom is 0.273 e. The van der Waals surface area contributed by atoms with E-state index in [-0.39, 0.29) is 5.91 Å². The topological polar surface area (TPSA) is 33.2 Å². The van der Waals surface area contributed by atoms with Crippen molar-refractivity contribution in [2.24, 2.45) is 5.41 Å². The average molecular weight is 250 g/mol. The summed E-state index contributed by atoms with van der Waals surface area (Å²) in [6.07, 6.45) is 7.89. The van der Waals surface area contributed by atoms with E-state index in [1.165, 1.54) is 49.9 Å². The number of carbonyl (C=O) groups excluding carboxylic acids is 1. The first kappa shape index (κ1) is 11.2. The van der Waals surface area contributed by atoms with Gasteiger partial charge in [-0.15, -0.1) is 11.3 Å². The van der Waals surface area contributed by atoms with Crippen molar-refractivity contribution in [2.45, 2.75) is 38.5 Å². The van der Waals surface area contributed by atoms with Crippen LogP contribution in [0.25, 0.3) is 0 Å². The molecule has 1 spiro atoms. The summed E-state index contributed by atoms with van der Waals surface area (Å²) in [7, 11) is 0. The number of aromatic nitrogens is 1. The van der Waals surface area contributed by atoms with E-state index in [0.29, 0.717) is 11.1 Å². The summed E-state index contributed by atoms with van der Waals surface area (Å²) in [5, 5.41) is 1.86. The van der Waals surface area contributed by atoms with Gasteiger partial charge in [0.25, 0.3) is 5.91 Å². The van der Waals surface area contributed by atoms with Crippen LogP contribution in [0, 0.1) is 5.41 Å². The van der Waals surface area contributed by atoms with Crippen LogP contribution in [0.3, 0.4) is 0 Å². The van der Waals surface area contributed by atoms with E-state index < -0.39 is 0 Å². The van der Waals surface area contributed by atoms with Gasteiger partial charge in [-0.3, -0.25) is 4.79 Å². The average Bonchev–Trinajstić information content (AvgIpc) is 2.99. The minimum Gasteiger partial charge on any atom is -0.337 e. The maximum atomic E-state index is 12.2. The van der Waals surface area contributed by atoms with E-state index in [9.17, 15) is 4.79 Å². The fourth-order valence-electron chi connectivity index (χ4n) is 3.30. The van der Waals surface area contributed by atoms with Crippen LogP contribution >= 0.6 is 11.3 Å². The third kappa shape index (κ3) is 2.10. The van der Waals surface area contributed by atoms with Gasteiger partial charge in [-0.2, -0.15) is 0 Å². The zero-order valence-electron chi connectivity index (χ0n) is 10.0. The normalized spacial score (nSPS) is 23.2. The first-order chi connectivity index (χ1) is 8.29. The van der Waals surface area contributed by atoms with E-state index in [1.807, 2.05) is 10.3 Å². The number of hydrogen-bond acceptors (Lipinski definition) is 3. The van der Waals surface area contributed by atoms with Crippen LogP contribution in [0.15, 0.2) is 10.9 Å². The van der Waals surface area contributed by atoms with Crippen LogP contribution in [0.1, 0.15) is 49.0 Å². The summed E-state index contributed by atoms with van der Waals surface area (Å²) >= 11 is 1.50. The summed E-state index contributed by atoms with van der Waals surface area (Å²) in [6.45, 7) is 1.89. The van der Waals surface area contributed by atoms with E-state index in [1.54, 1.807) is 5.51 Å². The fraction of sp³-hybridized carbons (Fsp3) is 0.692. The third-order valence-electron chi connectivity index (χ3n) is 4.29. The molecule has 1 amide bonds. The molecule has 1 saturated heterocycles. The van der Waals surface area contributed by atoms with Crippen molar-refractivity contribution in [3.8, 4) is 0 Å². The molecule has 1 aliphatic heterocycles. The quantitative estimate of drug-likeness (QED) is 0.767. The van der Waals surface area contributed by atoms with Crippen molar-refractivity contribution in [1.29, 1.82) is 0 Å². The molecule has 1 saturated carbocycles. The predicted molar refractivity (Wildman–Crippen MR) is 68.2 cm³/mol. The molecule has 92 valence electrons. The molecule has 3 nitrogen and oxygen atoms in total. The van der Waals surface area contributed by atoms with Crippen LogP contribution in [0.5, 0.6) is 0 Å². The molecule has 17 heavy (non-hydrogen) atoms. The van der Waals surface area contributed by atoms with E-state index in [0.717, 1.165) is 13.1 Å². The fourth-order valence-corrected chi connectivity index (χ4v) is 3.82. The lowest BCUT2D eigenvalue weighted by molar-refractivity contribution is 0.0754. The van der Waals surface area contributed by atoms with Gasteiger partial charge in [0.1, 0.15) is 5.69 Å². The summed E-state index contributed by atoms with van der Waals surface area (Å²) < 4.78 is 0. The van der Waals surface area contributed by atoms with Crippen molar-refractivity contribution in [3.63, 3.8) is 0 Å². The molecule has 2 heterocycles. The minimum atomic E-state index is 0.133. The van der Waals surface area contributed by atoms with Crippen molar-refractivity contribution in [3.05, 3.63) is 16.6 Å². The van der Waals surface area contributed by atoms with Gasteiger partial charge in [-0.1, -0.05) is 19.3 Å². The zero-order valence-corrected chi connectivity index (χ0v) is 10.8. The van der Waals surface area contributed by atoms with E-state index >= 15 is 0 Å². The Kier molecular flexibility index (Phi) is 2.90. The molecule has 2 fully saturated rings. The molecule has 0 bridgehead atoms. The summed E-state index contributed by atoms with van der Waals surface area (Å²) in [4.78, 5) is 18.3. The Balaban J connectivity index is 1.69. The Labute approximate surface area is 106 Å². The van der Waals surface area contributed by atoms with Crippen molar-refractivity contribution in [1.82, 2.24) is 9.88 Å². The van der Waals surface area contributed by atoms with Crippen molar-refractivity contribution in [2.75, 3.05) is 13.1 Å². The van der Waals surface area contributed by atoms with E-state index in [2.05, 4.69) is 4.98 Å². The standard InChI is InChI=1S/C13H18N2OS/c16-12(11-8-17-10-14-11)15-7-6-13(9-15)4-2-1-3-5-13/h8,10H,1-7,9H2. The zero-order chi connectivity index (χ0) is 11.7. The van der Waals surface area contributed by atoms with Gasteiger partial charge >= 0.3 is 0 Å². The van der Waals surface area contributed by atoms with Gasteiger partial charge in [-0.05, 0) is 24.7 Å². The van der Waals surface area contributed by atoms with Gasteiger partial charge in [0.05, 0.1) is 5.51 Å². The number of thiazole rings is 1. The molecule has 0 aromatic carbocycles. The van der Waals surface area contributed by atoms with Crippen LogP contribution < -0.4 is 0 Å². The summed E-state index contributed by atoms with van der Waals surface area (Å²) in [5.41, 5.74) is 2.81. The number of carbonyl (C=O) groups is 1. The lowest BCUT2D eigenvalue weighted by Gasteiger charge is -2.33. The smallest absolute Gasteiger partial charge is 0.273 e. The second kappa shape index (κ2) is 4.41. The second-order valence-electron chi connectivity index (χ2n) is 5.41. The number of likely N-dealkylation sites (tertiary alicyclic amines) is 1. The Morgan fingerprint density at radius 2 is 2.12 bits per heavy atom. The number of hydrogen-bond donors (Lipinski definition) is 0. The predicted octanol–water partition coefficient (Wildman–Crippen LogP) is 2.94. The lowest BCUT2D eigenvalue weighted by Crippen LogP contribution is -2.33. The molecule has 2 aliphatic rings. The van der Waals surface area contributed by atoms with Gasteiger partial charge in [0.15, 0.2) is 0 Å². The molecule has 1 aromatic rings. The molecule has 0 atom stereocenters. The molecule has 0 unspecified atom stereocenters. The highest BCUT2D eigenvalue weighted by Gasteiger charge is 2.40. The van der Waals surface area contributed by atoms with Crippen LogP contribution in [0.2, 0.25) is 0 Å². The third-order valence-corrected chi connectivity index (χ3v) is 4.88. The number of rotatable bonds is 1. The highest BCUT2D eigenvalue weighted by Crippen LogP contribution is 2.43. The molecule has 1 aliphatic carbocycles. The van der Waals surface area contributed by atoms with Gasteiger partial charge in [0, 0.05) is 18.5 Å². The summed E-state index contributed by atoms with van der Waals surface area (Å²) in [6, 6.07) is 0. The van der Waals surface area contributed by atoms with Gasteiger partial charge < -0.3 is 4.90 Å². The maximum absolute atomic E-state index is 12.2. The molecule has 4 heteroatoms. The second-order valence-corrected chi connectivity index (χ2v) is 6.13. The highest BCUT2D eigenvalue weighted by atomic mass is 32.1. The van der Waals surface area contributed by atoms with Crippen LogP contribution in [-0.4, -0.2) is 28.9 Å². The molecular formula is C13H18N2OS. The molecular weight excluding hydrogens is 232 g/mol. The first-order valence-corrected chi connectivity index (χ1v) is 7.41. The highest BCUT2D eigenvalue weighted by molar-refractivity contribution is 7.07. The molecule has 1 aromatic heterocycles. The molecule has 0 radical (unpaired) electrons. The Morgan fingerprint density at radius 3 is 2.82 bits per heavy atom. The van der Waals surface area contributed by atoms with Crippen LogP contribution in [0.4, 0.5) is 0 Å². The first-order valence-electron chi connectivity index (χ1n) is 6.47. The largest absolute Gasteiger partial charge is 0.337 e. The van der Waals surface area contributed by atoms with Crippen molar-refractivity contribution < 1.29 is 4.79 Å². The van der Waals surface area contributed by atoms with Gasteiger partial charge in [0.2, 0.25) is 0 Å². The number of nitrogens with zero attached hydrogens (tertiary/aromatic N) is 2. The lowest BCUT2D eigenvalue weighted by atomic mass is 9.73. The van der Waals surface area contributed by atoms with Gasteiger partial charge in [-0.25, -0.2) is 4.98 Å². The summed E-state index contributed by atoms with van der Waals surface area (Å²) in [5.74, 6) is 0.133. The molecule has 0 N–H and O–H groups in total. The SMILES string of the molecule is O=C(c1cscn1)N1CCC2(CCCCC2)C1. The molecule has 3 rings (SSSR count). The van der Waals surface area contributed by atoms with Crippen molar-refractivity contribution >= 4 is 17.2 Å². The Hall–Kier alpha value is -0.900. The number of amides is 1. The van der Waals surface area contributed by atoms with Crippen LogP contribution in [-0.2, 0) is 0 Å². The Morgan fingerprint density at radius 1 is 1.29 bits per heavy atom.